The van der Waals surface area contributed by atoms with Gasteiger partial charge in [-0.15, -0.1) is 0 Å². The zero-order valence-electron chi connectivity index (χ0n) is 11.6. The molecule has 2 rings (SSSR count). The maximum Gasteiger partial charge on any atom is 0.0552 e. The predicted molar refractivity (Wildman–Crippen MR) is 90.2 cm³/mol. The number of nitrogens with two attached hydrogens (primary N) is 1. The van der Waals surface area contributed by atoms with Gasteiger partial charge in [-0.1, -0.05) is 55.3 Å². The largest absolute Gasteiger partial charge is 0.320 e. The van der Waals surface area contributed by atoms with E-state index in [0.29, 0.717) is 5.02 Å². The third-order valence-corrected chi connectivity index (χ3v) is 4.67. The molecular weight excluding hydrogens is 334 g/mol. The number of unbranched alkanes of at least 4 members (excludes halogenated alkanes) is 1. The zero-order valence-corrected chi connectivity index (χ0v) is 13.9. The monoisotopic (exact) mass is 351 g/mol. The van der Waals surface area contributed by atoms with Gasteiger partial charge in [0.05, 0.1) is 11.1 Å². The second-order valence-corrected chi connectivity index (χ2v) is 6.26. The van der Waals surface area contributed by atoms with Gasteiger partial charge in [-0.25, -0.2) is 0 Å². The Labute approximate surface area is 134 Å². The molecule has 0 saturated heterocycles. The molecule has 0 saturated carbocycles. The molecule has 2 aromatic carbocycles. The van der Waals surface area contributed by atoms with Crippen molar-refractivity contribution in [3.63, 3.8) is 0 Å². The van der Waals surface area contributed by atoms with Gasteiger partial charge in [0.1, 0.15) is 0 Å². The van der Waals surface area contributed by atoms with E-state index in [1.807, 2.05) is 18.2 Å². The van der Waals surface area contributed by atoms with Crippen LogP contribution in [0.5, 0.6) is 0 Å². The van der Waals surface area contributed by atoms with E-state index in [2.05, 4.69) is 47.1 Å². The summed E-state index contributed by atoms with van der Waals surface area (Å²) >= 11 is 9.45. The average Bonchev–Trinajstić information content (AvgIpc) is 2.48. The van der Waals surface area contributed by atoms with Crippen molar-refractivity contribution in [3.05, 3.63) is 68.7 Å². The second kappa shape index (κ2) is 7.26. The van der Waals surface area contributed by atoms with E-state index in [4.69, 9.17) is 17.3 Å². The predicted octanol–water partition coefficient (Wildman–Crippen LogP) is 5.49. The van der Waals surface area contributed by atoms with Gasteiger partial charge in [0.15, 0.2) is 0 Å². The van der Waals surface area contributed by atoms with E-state index in [1.165, 1.54) is 18.4 Å². The first-order chi connectivity index (χ1) is 9.61. The van der Waals surface area contributed by atoms with E-state index >= 15 is 0 Å². The fraction of sp³-hybridized carbons (Fsp3) is 0.294. The number of hydrogen-bond acceptors (Lipinski definition) is 1. The Kier molecular flexibility index (Phi) is 5.64. The van der Waals surface area contributed by atoms with E-state index in [9.17, 15) is 0 Å². The van der Waals surface area contributed by atoms with Crippen molar-refractivity contribution in [1.29, 1.82) is 0 Å². The summed E-state index contributed by atoms with van der Waals surface area (Å²) in [5.41, 5.74) is 9.88. The molecule has 3 heteroatoms. The molecule has 20 heavy (non-hydrogen) atoms. The Balaban J connectivity index is 2.15. The third kappa shape index (κ3) is 3.85. The van der Waals surface area contributed by atoms with Crippen molar-refractivity contribution < 1.29 is 0 Å². The Morgan fingerprint density at radius 2 is 1.75 bits per heavy atom. The summed E-state index contributed by atoms with van der Waals surface area (Å²) < 4.78 is 0.881. The fourth-order valence-electron chi connectivity index (χ4n) is 2.17. The minimum absolute atomic E-state index is 0.121. The summed E-state index contributed by atoms with van der Waals surface area (Å²) in [5, 5.41) is 0.705. The minimum atomic E-state index is -0.121. The zero-order chi connectivity index (χ0) is 14.5. The maximum absolute atomic E-state index is 6.32. The maximum atomic E-state index is 6.32. The molecule has 0 bridgehead atoms. The second-order valence-electron chi connectivity index (χ2n) is 5.00. The average molecular weight is 353 g/mol. The molecule has 0 aliphatic rings. The normalized spacial score (nSPS) is 12.4. The summed E-state index contributed by atoms with van der Waals surface area (Å²) in [4.78, 5) is 0. The van der Waals surface area contributed by atoms with Gasteiger partial charge < -0.3 is 5.73 Å². The summed E-state index contributed by atoms with van der Waals surface area (Å²) in [5.74, 6) is 0. The van der Waals surface area contributed by atoms with Crippen molar-refractivity contribution in [1.82, 2.24) is 0 Å². The Morgan fingerprint density at radius 3 is 2.35 bits per heavy atom. The molecule has 0 aromatic heterocycles. The van der Waals surface area contributed by atoms with E-state index in [0.717, 1.165) is 22.0 Å². The Bertz CT molecular complexity index is 566. The van der Waals surface area contributed by atoms with Crippen LogP contribution < -0.4 is 5.73 Å². The van der Waals surface area contributed by atoms with Crippen molar-refractivity contribution in [2.45, 2.75) is 32.2 Å². The minimum Gasteiger partial charge on any atom is -0.320 e. The molecule has 0 aliphatic heterocycles. The highest BCUT2D eigenvalue weighted by molar-refractivity contribution is 9.10. The highest BCUT2D eigenvalue weighted by atomic mass is 79.9. The summed E-state index contributed by atoms with van der Waals surface area (Å²) in [6.45, 7) is 2.21. The lowest BCUT2D eigenvalue weighted by Crippen LogP contribution is -2.11. The lowest BCUT2D eigenvalue weighted by molar-refractivity contribution is 0.793. The molecule has 1 atom stereocenters. The van der Waals surface area contributed by atoms with Crippen LogP contribution in [-0.2, 0) is 6.42 Å². The standard InChI is InChI=1S/C17H19BrClN/c1-2-3-4-12-5-7-13(8-6-12)17(20)14-9-10-16(19)15(18)11-14/h5-11,17H,2-4,20H2,1H3. The highest BCUT2D eigenvalue weighted by Crippen LogP contribution is 2.28. The van der Waals surface area contributed by atoms with Gasteiger partial charge in [0.25, 0.3) is 0 Å². The fourth-order valence-corrected chi connectivity index (χ4v) is 2.68. The summed E-state index contributed by atoms with van der Waals surface area (Å²) in [6, 6.07) is 14.3. The molecule has 106 valence electrons. The van der Waals surface area contributed by atoms with Crippen LogP contribution in [0.4, 0.5) is 0 Å². The molecule has 0 amide bonds. The number of aryl methyl sites for hydroxylation is 1. The van der Waals surface area contributed by atoms with Crippen molar-refractivity contribution in [3.8, 4) is 0 Å². The smallest absolute Gasteiger partial charge is 0.0552 e. The summed E-state index contributed by atoms with van der Waals surface area (Å²) in [6.07, 6.45) is 3.59. The van der Waals surface area contributed by atoms with Gasteiger partial charge >= 0.3 is 0 Å². The first-order valence-corrected chi connectivity index (χ1v) is 8.08. The Morgan fingerprint density at radius 1 is 1.10 bits per heavy atom. The van der Waals surface area contributed by atoms with Crippen molar-refractivity contribution >= 4 is 27.5 Å². The van der Waals surface area contributed by atoms with E-state index in [-0.39, 0.29) is 6.04 Å². The van der Waals surface area contributed by atoms with Crippen LogP contribution in [-0.4, -0.2) is 0 Å². The summed E-state index contributed by atoms with van der Waals surface area (Å²) in [7, 11) is 0. The molecule has 1 nitrogen and oxygen atoms in total. The number of hydrogen-bond donors (Lipinski definition) is 1. The number of rotatable bonds is 5. The molecule has 0 heterocycles. The Hall–Kier alpha value is -0.830. The lowest BCUT2D eigenvalue weighted by Gasteiger charge is -2.14. The van der Waals surface area contributed by atoms with Crippen LogP contribution in [0.1, 0.15) is 42.5 Å². The molecule has 1 unspecified atom stereocenters. The third-order valence-electron chi connectivity index (χ3n) is 3.46. The van der Waals surface area contributed by atoms with Crippen LogP contribution >= 0.6 is 27.5 Å². The molecule has 0 aliphatic carbocycles. The first kappa shape index (κ1) is 15.6. The van der Waals surface area contributed by atoms with Crippen LogP contribution in [0.3, 0.4) is 0 Å². The first-order valence-electron chi connectivity index (χ1n) is 6.91. The topological polar surface area (TPSA) is 26.0 Å². The van der Waals surface area contributed by atoms with E-state index < -0.39 is 0 Å². The van der Waals surface area contributed by atoms with E-state index in [1.54, 1.807) is 0 Å². The lowest BCUT2D eigenvalue weighted by atomic mass is 9.97. The molecule has 0 spiro atoms. The van der Waals surface area contributed by atoms with Crippen molar-refractivity contribution in [2.24, 2.45) is 5.73 Å². The highest BCUT2D eigenvalue weighted by Gasteiger charge is 2.10. The molecule has 2 aromatic rings. The van der Waals surface area contributed by atoms with Crippen LogP contribution in [0.15, 0.2) is 46.9 Å². The van der Waals surface area contributed by atoms with Crippen LogP contribution in [0, 0.1) is 0 Å². The van der Waals surface area contributed by atoms with Gasteiger partial charge in [0.2, 0.25) is 0 Å². The van der Waals surface area contributed by atoms with Crippen LogP contribution in [0.25, 0.3) is 0 Å². The van der Waals surface area contributed by atoms with Gasteiger partial charge in [-0.05, 0) is 57.6 Å². The van der Waals surface area contributed by atoms with Gasteiger partial charge in [0, 0.05) is 4.47 Å². The molecular formula is C17H19BrClN. The van der Waals surface area contributed by atoms with Crippen molar-refractivity contribution in [2.75, 3.05) is 0 Å². The number of benzene rings is 2. The molecule has 0 radical (unpaired) electrons. The quantitative estimate of drug-likeness (QED) is 0.756. The van der Waals surface area contributed by atoms with Crippen LogP contribution in [0.2, 0.25) is 5.02 Å². The van der Waals surface area contributed by atoms with Gasteiger partial charge in [-0.3, -0.25) is 0 Å². The molecule has 0 fully saturated rings. The van der Waals surface area contributed by atoms with Gasteiger partial charge in [-0.2, -0.15) is 0 Å². The SMILES string of the molecule is CCCCc1ccc(C(N)c2ccc(Cl)c(Br)c2)cc1. The number of halogens is 2. The molecule has 2 N–H and O–H groups in total.